The molecule has 0 aromatic heterocycles. The Morgan fingerprint density at radius 3 is 2.50 bits per heavy atom. The lowest BCUT2D eigenvalue weighted by molar-refractivity contribution is 0.343. The van der Waals surface area contributed by atoms with Crippen molar-refractivity contribution in [2.24, 2.45) is 4.99 Å². The fourth-order valence-corrected chi connectivity index (χ4v) is 1.78. The smallest absolute Gasteiger partial charge is 0.204 e. The summed E-state index contributed by atoms with van der Waals surface area (Å²) < 4.78 is 11.0. The highest BCUT2D eigenvalue weighted by Gasteiger charge is 2.42. The number of hydrogen-bond donors (Lipinski definition) is 1. The minimum atomic E-state index is -1.66. The number of nitrogens with one attached hydrogen (secondary N) is 1. The molecule has 0 spiro atoms. The highest BCUT2D eigenvalue weighted by Crippen LogP contribution is 2.32. The van der Waals surface area contributed by atoms with Gasteiger partial charge >= 0.3 is 0 Å². The molecule has 4 nitrogen and oxygen atoms in total. The van der Waals surface area contributed by atoms with E-state index in [-0.39, 0.29) is 11.6 Å². The maximum Gasteiger partial charge on any atom is 0.204 e. The minimum Gasteiger partial charge on any atom is -0.457 e. The maximum atomic E-state index is 5.73. The van der Waals surface area contributed by atoms with Gasteiger partial charge in [0, 0.05) is 0 Å². The van der Waals surface area contributed by atoms with Crippen LogP contribution in [0, 0.1) is 0 Å². The van der Waals surface area contributed by atoms with Crippen LogP contribution in [0.1, 0.15) is 0 Å². The quantitative estimate of drug-likeness (QED) is 0.592. The van der Waals surface area contributed by atoms with Gasteiger partial charge < -0.3 is 14.8 Å². The van der Waals surface area contributed by atoms with Gasteiger partial charge in [-0.25, -0.2) is 0 Å². The van der Waals surface area contributed by atoms with E-state index < -0.39 is 10.7 Å². The van der Waals surface area contributed by atoms with Crippen LogP contribution in [0.2, 0.25) is 0 Å². The van der Waals surface area contributed by atoms with Gasteiger partial charge in [0.15, 0.2) is 17.3 Å². The second kappa shape index (κ2) is 4.17. The molecule has 0 amide bonds. The molecule has 0 bridgehead atoms. The molecule has 1 N–H and O–H groups in total. The summed E-state index contributed by atoms with van der Waals surface area (Å²) in [5.74, 6) is 1.45. The Morgan fingerprint density at radius 2 is 1.85 bits per heavy atom. The van der Waals surface area contributed by atoms with Gasteiger partial charge in [-0.1, -0.05) is 11.5 Å². The van der Waals surface area contributed by atoms with Crippen molar-refractivity contribution in [1.82, 2.24) is 5.32 Å². The van der Waals surface area contributed by atoms with Gasteiger partial charge in [0.05, 0.1) is 31.4 Å². The molecule has 9 heteroatoms. The summed E-state index contributed by atoms with van der Waals surface area (Å²) in [5.41, 5.74) is 0.561. The monoisotopic (exact) mass is 252 g/mol. The van der Waals surface area contributed by atoms with Gasteiger partial charge in [0.2, 0.25) is 5.76 Å². The van der Waals surface area contributed by atoms with Crippen LogP contribution < -0.4 is 20.3 Å². The van der Waals surface area contributed by atoms with Crippen LogP contribution in [-0.4, -0.2) is 55.7 Å². The fraction of sp³-hybridized carbons (Fsp3) is 0.182. The van der Waals surface area contributed by atoms with Crippen LogP contribution in [0.5, 0.6) is 11.5 Å². The molecule has 0 fully saturated rings. The van der Waals surface area contributed by atoms with E-state index in [4.69, 9.17) is 48.7 Å². The molecule has 86 valence electrons. The summed E-state index contributed by atoms with van der Waals surface area (Å²) in [6, 6.07) is 4.99. The highest BCUT2D eigenvalue weighted by atomic mass is 16.6. The number of benzene rings is 1. The van der Waals surface area contributed by atoms with Gasteiger partial charge in [0.25, 0.3) is 0 Å². The predicted molar refractivity (Wildman–Crippen MR) is 80.2 cm³/mol. The Morgan fingerprint density at radius 1 is 1.10 bits per heavy atom. The normalized spacial score (nSPS) is 21.6. The Labute approximate surface area is 123 Å². The zero-order valence-electron chi connectivity index (χ0n) is 10.5. The molecular weight excluding hydrogens is 246 g/mol. The fourth-order valence-electron chi connectivity index (χ4n) is 1.78. The van der Waals surface area contributed by atoms with Crippen LogP contribution in [0.25, 0.3) is 0 Å². The number of fused-ring (bicyclic) bond motifs is 1. The lowest BCUT2D eigenvalue weighted by Gasteiger charge is -2.35. The van der Waals surface area contributed by atoms with Gasteiger partial charge in [-0.2, -0.15) is 0 Å². The Bertz CT molecular complexity index is 642. The Balaban J connectivity index is 1.89. The Hall–Kier alpha value is -1.65. The number of rotatable bonds is 1. The predicted octanol–water partition coefficient (Wildman–Crippen LogP) is -1.92. The molecule has 10 radical (unpaired) electrons. The molecule has 20 heavy (non-hydrogen) atoms. The molecule has 0 atom stereocenters. The summed E-state index contributed by atoms with van der Waals surface area (Å²) in [5, 5.41) is -0.558. The number of ether oxygens (including phenoxy) is 2. The standard InChI is InChI=1S/C11H5B5N2O2/c12-5-1-2-6-7(3-5)19-4-8(20-6)9-17-10(13,14)11(15,16)18-9/h1-4H,(H,17,18). The van der Waals surface area contributed by atoms with E-state index in [1.807, 2.05) is 0 Å². The van der Waals surface area contributed by atoms with Crippen molar-refractivity contribution in [2.45, 2.75) is 10.7 Å². The first-order valence-corrected chi connectivity index (χ1v) is 5.77. The molecule has 0 saturated heterocycles. The molecule has 2 heterocycles. The van der Waals surface area contributed by atoms with E-state index >= 15 is 0 Å². The topological polar surface area (TPSA) is 42.8 Å². The van der Waals surface area contributed by atoms with Crippen LogP contribution in [0.3, 0.4) is 0 Å². The summed E-state index contributed by atoms with van der Waals surface area (Å²) >= 11 is 0. The van der Waals surface area contributed by atoms with Crippen LogP contribution >= 0.6 is 0 Å². The summed E-state index contributed by atoms with van der Waals surface area (Å²) in [4.78, 5) is 4.00. The number of hydrogen-bond acceptors (Lipinski definition) is 4. The highest BCUT2D eigenvalue weighted by molar-refractivity contribution is 6.56. The average Bonchev–Trinajstić information content (AvgIpc) is 2.58. The van der Waals surface area contributed by atoms with Crippen molar-refractivity contribution < 1.29 is 9.47 Å². The third-order valence-electron chi connectivity index (χ3n) is 3.00. The molecular formula is C11H5B5N2O2. The largest absolute Gasteiger partial charge is 0.457 e. The van der Waals surface area contributed by atoms with Crippen molar-refractivity contribution in [3.05, 3.63) is 30.2 Å². The van der Waals surface area contributed by atoms with Crippen molar-refractivity contribution in [3.8, 4) is 11.5 Å². The van der Waals surface area contributed by atoms with Gasteiger partial charge in [-0.15, -0.1) is 0 Å². The Kier molecular flexibility index (Phi) is 2.78. The summed E-state index contributed by atoms with van der Waals surface area (Å²) in [6.45, 7) is 0. The first-order chi connectivity index (χ1) is 9.28. The van der Waals surface area contributed by atoms with Crippen LogP contribution in [-0.2, 0) is 0 Å². The molecule has 0 saturated carbocycles. The summed E-state index contributed by atoms with van der Waals surface area (Å²) in [6.07, 6.45) is 1.34. The number of aliphatic imine (C=N–C) groups is 1. The van der Waals surface area contributed by atoms with E-state index in [9.17, 15) is 0 Å². The second-order valence-corrected chi connectivity index (χ2v) is 4.69. The van der Waals surface area contributed by atoms with Crippen molar-refractivity contribution in [2.75, 3.05) is 0 Å². The molecule has 0 unspecified atom stereocenters. The number of amidine groups is 1. The lowest BCUT2D eigenvalue weighted by atomic mass is 9.39. The molecule has 3 rings (SSSR count). The summed E-state index contributed by atoms with van der Waals surface area (Å²) in [7, 11) is 28.5. The van der Waals surface area contributed by atoms with Gasteiger partial charge in [0.1, 0.15) is 14.1 Å². The first kappa shape index (κ1) is 13.3. The zero-order valence-corrected chi connectivity index (χ0v) is 10.5. The molecule has 2 aliphatic rings. The van der Waals surface area contributed by atoms with Crippen molar-refractivity contribution in [3.63, 3.8) is 0 Å². The molecule has 1 aromatic carbocycles. The lowest BCUT2D eigenvalue weighted by Crippen LogP contribution is -2.60. The van der Waals surface area contributed by atoms with E-state index in [2.05, 4.69) is 10.3 Å². The van der Waals surface area contributed by atoms with E-state index in [1.54, 1.807) is 18.2 Å². The first-order valence-electron chi connectivity index (χ1n) is 5.77. The molecule has 2 aliphatic heterocycles. The van der Waals surface area contributed by atoms with Crippen molar-refractivity contribution >= 4 is 50.5 Å². The third-order valence-corrected chi connectivity index (χ3v) is 3.00. The van der Waals surface area contributed by atoms with E-state index in [1.165, 1.54) is 6.26 Å². The molecule has 0 aliphatic carbocycles. The van der Waals surface area contributed by atoms with Crippen LogP contribution in [0.4, 0.5) is 0 Å². The second-order valence-electron chi connectivity index (χ2n) is 4.69. The molecule has 1 aromatic rings. The third kappa shape index (κ3) is 2.05. The minimum absolute atomic E-state index is 0.211. The average molecular weight is 251 g/mol. The van der Waals surface area contributed by atoms with E-state index in [0.29, 0.717) is 17.0 Å². The van der Waals surface area contributed by atoms with Crippen molar-refractivity contribution in [1.29, 1.82) is 0 Å². The van der Waals surface area contributed by atoms with Gasteiger partial charge in [-0.3, -0.25) is 4.99 Å². The van der Waals surface area contributed by atoms with Gasteiger partial charge in [-0.05, 0) is 22.8 Å². The SMILES string of the molecule is [B]c1ccc2c(c1)OC=C(C1=NC([B])([B])C([B])([B])N1)O2. The number of nitrogens with zero attached hydrogens (tertiary/aromatic N) is 1. The van der Waals surface area contributed by atoms with Crippen LogP contribution in [0.15, 0.2) is 35.2 Å². The zero-order chi connectivity index (χ0) is 14.5. The maximum absolute atomic E-state index is 5.73. The van der Waals surface area contributed by atoms with E-state index in [0.717, 1.165) is 0 Å².